The zero-order valence-electron chi connectivity index (χ0n) is 11.9. The van der Waals surface area contributed by atoms with E-state index >= 15 is 0 Å². The second-order valence-electron chi connectivity index (χ2n) is 5.35. The van der Waals surface area contributed by atoms with Crippen molar-refractivity contribution in [2.24, 2.45) is 0 Å². The van der Waals surface area contributed by atoms with Crippen LogP contribution in [0.3, 0.4) is 0 Å². The highest BCUT2D eigenvalue weighted by molar-refractivity contribution is 6.31. The molecule has 0 aliphatic heterocycles. The molecule has 0 fully saturated rings. The summed E-state index contributed by atoms with van der Waals surface area (Å²) in [4.78, 5) is 4.67. The number of aryl methyl sites for hydroxylation is 2. The Morgan fingerprint density at radius 1 is 1.29 bits per heavy atom. The van der Waals surface area contributed by atoms with Gasteiger partial charge in [0, 0.05) is 16.4 Å². The summed E-state index contributed by atoms with van der Waals surface area (Å²) in [6.45, 7) is 1.95. The summed E-state index contributed by atoms with van der Waals surface area (Å²) in [5.74, 6) is 0.628. The smallest absolute Gasteiger partial charge is 0.148 e. The van der Waals surface area contributed by atoms with E-state index in [1.807, 2.05) is 31.2 Å². The molecule has 1 aliphatic rings. The minimum Gasteiger partial charge on any atom is -0.339 e. The second-order valence-corrected chi connectivity index (χ2v) is 5.75. The average Bonchev–Trinajstić information content (AvgIpc) is 2.51. The highest BCUT2D eigenvalue weighted by atomic mass is 35.5. The first kappa shape index (κ1) is 13.9. The number of nitrogens with zero attached hydrogens (tertiary/aromatic N) is 2. The fourth-order valence-corrected chi connectivity index (χ4v) is 2.86. The molecule has 0 radical (unpaired) electrons. The molecule has 1 aliphatic carbocycles. The summed E-state index contributed by atoms with van der Waals surface area (Å²) >= 11 is 6.14. The SMILES string of the molecule is Cc1c(Cl)cccc1Nc1nc2c(cc1C#N)CCCC2. The van der Waals surface area contributed by atoms with Crippen LogP contribution in [0.15, 0.2) is 24.3 Å². The lowest BCUT2D eigenvalue weighted by Gasteiger charge is -2.18. The van der Waals surface area contributed by atoms with Crippen molar-refractivity contribution in [3.8, 4) is 6.07 Å². The molecule has 0 atom stereocenters. The van der Waals surface area contributed by atoms with Crippen LogP contribution in [-0.2, 0) is 12.8 Å². The van der Waals surface area contributed by atoms with E-state index in [-0.39, 0.29) is 0 Å². The van der Waals surface area contributed by atoms with Gasteiger partial charge < -0.3 is 5.32 Å². The van der Waals surface area contributed by atoms with Gasteiger partial charge >= 0.3 is 0 Å². The minimum atomic E-state index is 0.593. The maximum atomic E-state index is 9.37. The summed E-state index contributed by atoms with van der Waals surface area (Å²) in [5, 5.41) is 13.3. The van der Waals surface area contributed by atoms with Crippen molar-refractivity contribution in [2.45, 2.75) is 32.6 Å². The summed E-state index contributed by atoms with van der Waals surface area (Å²) in [7, 11) is 0. The van der Waals surface area contributed by atoms with E-state index in [0.717, 1.165) is 29.8 Å². The van der Waals surface area contributed by atoms with Gasteiger partial charge in [0.2, 0.25) is 0 Å². The molecule has 4 heteroatoms. The van der Waals surface area contributed by atoms with Crippen LogP contribution >= 0.6 is 11.6 Å². The highest BCUT2D eigenvalue weighted by Gasteiger charge is 2.15. The molecular formula is C17H16ClN3. The second kappa shape index (κ2) is 5.75. The molecule has 0 spiro atoms. The molecule has 0 amide bonds. The van der Waals surface area contributed by atoms with E-state index in [9.17, 15) is 5.26 Å². The van der Waals surface area contributed by atoms with Gasteiger partial charge in [-0.25, -0.2) is 4.98 Å². The van der Waals surface area contributed by atoms with Crippen LogP contribution in [0.1, 0.15) is 35.2 Å². The zero-order valence-corrected chi connectivity index (χ0v) is 12.7. The molecule has 21 heavy (non-hydrogen) atoms. The van der Waals surface area contributed by atoms with Gasteiger partial charge in [-0.05, 0) is 61.9 Å². The fraction of sp³-hybridized carbons (Fsp3) is 0.294. The Balaban J connectivity index is 2.02. The Bertz CT molecular complexity index is 732. The van der Waals surface area contributed by atoms with Crippen LogP contribution in [0.25, 0.3) is 0 Å². The van der Waals surface area contributed by atoms with Gasteiger partial charge in [-0.1, -0.05) is 17.7 Å². The van der Waals surface area contributed by atoms with Gasteiger partial charge in [0.15, 0.2) is 0 Å². The summed E-state index contributed by atoms with van der Waals surface area (Å²) < 4.78 is 0. The number of halogens is 1. The molecule has 1 aromatic heterocycles. The number of benzene rings is 1. The molecule has 0 saturated carbocycles. The van der Waals surface area contributed by atoms with Crippen molar-refractivity contribution >= 4 is 23.1 Å². The molecule has 3 rings (SSSR count). The fourth-order valence-electron chi connectivity index (χ4n) is 2.68. The number of hydrogen-bond donors (Lipinski definition) is 1. The third kappa shape index (κ3) is 2.72. The number of fused-ring (bicyclic) bond motifs is 1. The van der Waals surface area contributed by atoms with Crippen LogP contribution in [-0.4, -0.2) is 4.98 Å². The van der Waals surface area contributed by atoms with E-state index in [0.29, 0.717) is 16.4 Å². The average molecular weight is 298 g/mol. The lowest BCUT2D eigenvalue weighted by Crippen LogP contribution is -2.09. The van der Waals surface area contributed by atoms with Crippen LogP contribution in [0.4, 0.5) is 11.5 Å². The molecule has 0 saturated heterocycles. The molecule has 1 N–H and O–H groups in total. The van der Waals surface area contributed by atoms with E-state index in [1.165, 1.54) is 18.4 Å². The van der Waals surface area contributed by atoms with E-state index in [1.54, 1.807) is 0 Å². The Kier molecular flexibility index (Phi) is 3.81. The molecule has 0 unspecified atom stereocenters. The van der Waals surface area contributed by atoms with Crippen molar-refractivity contribution in [3.05, 3.63) is 51.7 Å². The first-order valence-corrected chi connectivity index (χ1v) is 7.52. The minimum absolute atomic E-state index is 0.593. The zero-order chi connectivity index (χ0) is 14.8. The van der Waals surface area contributed by atoms with Gasteiger partial charge in [-0.2, -0.15) is 5.26 Å². The predicted molar refractivity (Wildman–Crippen MR) is 85.1 cm³/mol. The first-order chi connectivity index (χ1) is 10.2. The summed E-state index contributed by atoms with van der Waals surface area (Å²) in [6, 6.07) is 9.91. The molecule has 2 aromatic rings. The standard InChI is InChI=1S/C17H16ClN3/c1-11-14(18)6-4-8-15(11)20-17-13(10-19)9-12-5-2-3-7-16(12)21-17/h4,6,8-9H,2-3,5,7H2,1H3,(H,20,21). The number of rotatable bonds is 2. The molecule has 0 bridgehead atoms. The van der Waals surface area contributed by atoms with E-state index < -0.39 is 0 Å². The lowest BCUT2D eigenvalue weighted by molar-refractivity contribution is 0.668. The van der Waals surface area contributed by atoms with Crippen molar-refractivity contribution < 1.29 is 0 Å². The van der Waals surface area contributed by atoms with Crippen LogP contribution in [0.5, 0.6) is 0 Å². The topological polar surface area (TPSA) is 48.7 Å². The van der Waals surface area contributed by atoms with E-state index in [2.05, 4.69) is 16.4 Å². The molecule has 106 valence electrons. The maximum absolute atomic E-state index is 9.37. The Labute approximate surface area is 129 Å². The molecule has 3 nitrogen and oxygen atoms in total. The normalized spacial score (nSPS) is 13.4. The van der Waals surface area contributed by atoms with Gasteiger partial charge in [0.1, 0.15) is 11.9 Å². The largest absolute Gasteiger partial charge is 0.339 e. The van der Waals surface area contributed by atoms with E-state index in [4.69, 9.17) is 11.6 Å². The first-order valence-electron chi connectivity index (χ1n) is 7.14. The predicted octanol–water partition coefficient (Wildman–Crippen LogP) is 4.54. The number of aromatic nitrogens is 1. The van der Waals surface area contributed by atoms with Crippen molar-refractivity contribution in [2.75, 3.05) is 5.32 Å². The van der Waals surface area contributed by atoms with Crippen LogP contribution in [0.2, 0.25) is 5.02 Å². The number of anilines is 2. The van der Waals surface area contributed by atoms with Gasteiger partial charge in [0.25, 0.3) is 0 Å². The molecule has 1 heterocycles. The van der Waals surface area contributed by atoms with Gasteiger partial charge in [-0.3, -0.25) is 0 Å². The molecular weight excluding hydrogens is 282 g/mol. The molecule has 1 aromatic carbocycles. The highest BCUT2D eigenvalue weighted by Crippen LogP contribution is 2.29. The Morgan fingerprint density at radius 2 is 2.10 bits per heavy atom. The van der Waals surface area contributed by atoms with Crippen molar-refractivity contribution in [1.82, 2.24) is 4.98 Å². The van der Waals surface area contributed by atoms with Crippen molar-refractivity contribution in [1.29, 1.82) is 5.26 Å². The van der Waals surface area contributed by atoms with Crippen LogP contribution < -0.4 is 5.32 Å². The maximum Gasteiger partial charge on any atom is 0.148 e. The number of hydrogen-bond acceptors (Lipinski definition) is 3. The van der Waals surface area contributed by atoms with Gasteiger partial charge in [0.05, 0.1) is 5.56 Å². The lowest BCUT2D eigenvalue weighted by atomic mass is 9.95. The Morgan fingerprint density at radius 3 is 2.90 bits per heavy atom. The third-order valence-electron chi connectivity index (χ3n) is 3.94. The van der Waals surface area contributed by atoms with Crippen LogP contribution in [0, 0.1) is 18.3 Å². The monoisotopic (exact) mass is 297 g/mol. The summed E-state index contributed by atoms with van der Waals surface area (Å²) in [5.41, 5.74) is 4.77. The van der Waals surface area contributed by atoms with Crippen molar-refractivity contribution in [3.63, 3.8) is 0 Å². The van der Waals surface area contributed by atoms with Gasteiger partial charge in [-0.15, -0.1) is 0 Å². The quantitative estimate of drug-likeness (QED) is 0.885. The number of nitrogens with one attached hydrogen (secondary N) is 1. The number of pyridine rings is 1. The number of nitriles is 1. The third-order valence-corrected chi connectivity index (χ3v) is 4.35. The Hall–Kier alpha value is -2.05. The summed E-state index contributed by atoms with van der Waals surface area (Å²) in [6.07, 6.45) is 4.36.